The van der Waals surface area contributed by atoms with E-state index in [1.807, 2.05) is 0 Å². The average molecular weight is 183 g/mol. The minimum absolute atomic E-state index is 0.239. The molecule has 2 aliphatic rings. The van der Waals surface area contributed by atoms with Crippen molar-refractivity contribution >= 4 is 12.1 Å². The van der Waals surface area contributed by atoms with E-state index in [1.54, 1.807) is 12.2 Å². The van der Waals surface area contributed by atoms with Gasteiger partial charge in [-0.2, -0.15) is 0 Å². The van der Waals surface area contributed by atoms with Gasteiger partial charge in [0.25, 0.3) is 0 Å². The molecule has 2 rings (SSSR count). The van der Waals surface area contributed by atoms with Crippen LogP contribution >= 0.6 is 0 Å². The molecule has 2 atom stereocenters. The van der Waals surface area contributed by atoms with Crippen molar-refractivity contribution in [3.05, 3.63) is 12.2 Å². The lowest BCUT2D eigenvalue weighted by Gasteiger charge is -2.30. The molecule has 13 heavy (non-hydrogen) atoms. The van der Waals surface area contributed by atoms with Crippen molar-refractivity contribution in [2.45, 2.75) is 12.2 Å². The maximum Gasteiger partial charge on any atom is 0.409 e. The fraction of sp³-hybridized carbons (Fsp3) is 0.429. The zero-order valence-corrected chi connectivity index (χ0v) is 6.73. The number of nitrogens with one attached hydrogen (secondary N) is 2. The van der Waals surface area contributed by atoms with Gasteiger partial charge in [0.15, 0.2) is 0 Å². The number of hydrogen-bond acceptors (Lipinski definition) is 2. The van der Waals surface area contributed by atoms with Crippen LogP contribution < -0.4 is 10.6 Å². The molecule has 0 spiro atoms. The van der Waals surface area contributed by atoms with Gasteiger partial charge in [0.2, 0.25) is 0 Å². The lowest BCUT2D eigenvalue weighted by Crippen LogP contribution is -2.52. The second kappa shape index (κ2) is 2.65. The first-order chi connectivity index (χ1) is 6.18. The minimum atomic E-state index is -1.02. The van der Waals surface area contributed by atoms with E-state index in [1.165, 1.54) is 4.90 Å². The molecule has 0 saturated carbocycles. The van der Waals surface area contributed by atoms with Gasteiger partial charge in [-0.25, -0.2) is 9.59 Å². The number of carbonyl (C=O) groups excluding carboxylic acids is 1. The Kier molecular flexibility index (Phi) is 1.61. The Morgan fingerprint density at radius 3 is 3.08 bits per heavy atom. The zero-order valence-electron chi connectivity index (χ0n) is 6.73. The molecule has 2 heterocycles. The van der Waals surface area contributed by atoms with Gasteiger partial charge in [0, 0.05) is 6.54 Å². The third-order valence-corrected chi connectivity index (χ3v) is 2.14. The smallest absolute Gasteiger partial charge is 0.409 e. The molecule has 0 aliphatic carbocycles. The van der Waals surface area contributed by atoms with Gasteiger partial charge in [-0.15, -0.1) is 0 Å². The van der Waals surface area contributed by atoms with Crippen LogP contribution in [0.15, 0.2) is 12.2 Å². The maximum absolute atomic E-state index is 10.9. The molecule has 6 heteroatoms. The van der Waals surface area contributed by atoms with Crippen molar-refractivity contribution < 1.29 is 14.7 Å². The van der Waals surface area contributed by atoms with Crippen molar-refractivity contribution in [2.24, 2.45) is 0 Å². The molecule has 70 valence electrons. The fourth-order valence-electron chi connectivity index (χ4n) is 1.55. The monoisotopic (exact) mass is 183 g/mol. The van der Waals surface area contributed by atoms with Crippen molar-refractivity contribution in [2.75, 3.05) is 6.54 Å². The van der Waals surface area contributed by atoms with E-state index in [0.29, 0.717) is 6.54 Å². The molecule has 0 aromatic carbocycles. The van der Waals surface area contributed by atoms with Crippen LogP contribution in [-0.2, 0) is 0 Å². The van der Waals surface area contributed by atoms with Gasteiger partial charge >= 0.3 is 12.1 Å². The lowest BCUT2D eigenvalue weighted by atomic mass is 10.1. The summed E-state index contributed by atoms with van der Waals surface area (Å²) in [6.07, 6.45) is 2.03. The van der Waals surface area contributed by atoms with Crippen molar-refractivity contribution in [3.63, 3.8) is 0 Å². The number of fused-ring (bicyclic) bond motifs is 1. The molecular formula is C7H9N3O3. The summed E-state index contributed by atoms with van der Waals surface area (Å²) in [6, 6.07) is -0.565. The molecule has 2 aliphatic heterocycles. The molecule has 0 aromatic heterocycles. The summed E-state index contributed by atoms with van der Waals surface area (Å²) in [5, 5.41) is 13.9. The van der Waals surface area contributed by atoms with E-state index < -0.39 is 12.3 Å². The molecule has 3 amide bonds. The van der Waals surface area contributed by atoms with Gasteiger partial charge in [0.05, 0.1) is 6.04 Å². The second-order valence-electron chi connectivity index (χ2n) is 2.95. The van der Waals surface area contributed by atoms with Gasteiger partial charge < -0.3 is 15.7 Å². The first-order valence-corrected chi connectivity index (χ1v) is 3.92. The number of nitrogens with zero attached hydrogens (tertiary/aromatic N) is 1. The summed E-state index contributed by atoms with van der Waals surface area (Å²) in [7, 11) is 0. The summed E-state index contributed by atoms with van der Waals surface area (Å²) in [4.78, 5) is 22.8. The fourth-order valence-corrected chi connectivity index (χ4v) is 1.55. The number of urea groups is 1. The third-order valence-electron chi connectivity index (χ3n) is 2.14. The molecular weight excluding hydrogens is 174 g/mol. The molecule has 0 aromatic rings. The van der Waals surface area contributed by atoms with E-state index in [4.69, 9.17) is 5.11 Å². The Morgan fingerprint density at radius 2 is 2.38 bits per heavy atom. The largest absolute Gasteiger partial charge is 0.465 e. The standard InChI is InChI=1S/C7H9N3O3/c11-6-8-4-2-1-3-10(7(12)13)5(4)9-6/h1-2,4-5H,3H2,(H,12,13)(H2,8,9,11)/t4-,5+/m1/s1. The van der Waals surface area contributed by atoms with Crippen LogP contribution in [0, 0.1) is 0 Å². The highest BCUT2D eigenvalue weighted by molar-refractivity contribution is 5.79. The Balaban J connectivity index is 2.21. The molecule has 1 fully saturated rings. The molecule has 3 N–H and O–H groups in total. The maximum atomic E-state index is 10.9. The van der Waals surface area contributed by atoms with Crippen LogP contribution in [0.25, 0.3) is 0 Å². The van der Waals surface area contributed by atoms with Gasteiger partial charge in [-0.3, -0.25) is 4.90 Å². The van der Waals surface area contributed by atoms with Gasteiger partial charge in [0.1, 0.15) is 6.17 Å². The van der Waals surface area contributed by atoms with Crippen molar-refractivity contribution in [3.8, 4) is 0 Å². The van der Waals surface area contributed by atoms with Gasteiger partial charge in [-0.05, 0) is 0 Å². The van der Waals surface area contributed by atoms with Crippen LogP contribution in [-0.4, -0.2) is 40.9 Å². The number of carboxylic acid groups (broad SMARTS) is 1. The average Bonchev–Trinajstić information content (AvgIpc) is 2.43. The van der Waals surface area contributed by atoms with E-state index in [9.17, 15) is 9.59 Å². The molecule has 0 unspecified atom stereocenters. The molecule has 6 nitrogen and oxygen atoms in total. The van der Waals surface area contributed by atoms with Crippen LogP contribution in [0.2, 0.25) is 0 Å². The highest BCUT2D eigenvalue weighted by Gasteiger charge is 2.38. The lowest BCUT2D eigenvalue weighted by molar-refractivity contribution is 0.122. The summed E-state index contributed by atoms with van der Waals surface area (Å²) in [6.45, 7) is 0.318. The zero-order chi connectivity index (χ0) is 9.42. The Hall–Kier alpha value is -1.72. The van der Waals surface area contributed by atoms with Crippen molar-refractivity contribution in [1.29, 1.82) is 0 Å². The highest BCUT2D eigenvalue weighted by atomic mass is 16.4. The predicted molar refractivity (Wildman–Crippen MR) is 43.1 cm³/mol. The topological polar surface area (TPSA) is 81.7 Å². The second-order valence-corrected chi connectivity index (χ2v) is 2.95. The molecule has 1 saturated heterocycles. The van der Waals surface area contributed by atoms with E-state index in [0.717, 1.165) is 0 Å². The summed E-state index contributed by atoms with van der Waals surface area (Å²) < 4.78 is 0. The van der Waals surface area contributed by atoms with Crippen LogP contribution in [0.5, 0.6) is 0 Å². The Morgan fingerprint density at radius 1 is 1.62 bits per heavy atom. The first kappa shape index (κ1) is 7.90. The first-order valence-electron chi connectivity index (χ1n) is 3.92. The Bertz CT molecular complexity index is 289. The number of carbonyl (C=O) groups is 2. The predicted octanol–water partition coefficient (Wildman–Crippen LogP) is -0.456. The normalized spacial score (nSPS) is 30.8. The SMILES string of the molecule is O=C1N[C@@H]2[C@@H](C=CCN2C(=O)O)N1. The molecule has 0 radical (unpaired) electrons. The van der Waals surface area contributed by atoms with Gasteiger partial charge in [-0.1, -0.05) is 12.2 Å². The van der Waals surface area contributed by atoms with E-state index in [2.05, 4.69) is 10.6 Å². The van der Waals surface area contributed by atoms with Crippen molar-refractivity contribution in [1.82, 2.24) is 15.5 Å². The quantitative estimate of drug-likeness (QED) is 0.444. The molecule has 0 bridgehead atoms. The minimum Gasteiger partial charge on any atom is -0.465 e. The number of rotatable bonds is 0. The van der Waals surface area contributed by atoms with Crippen LogP contribution in [0.4, 0.5) is 9.59 Å². The van der Waals surface area contributed by atoms with Crippen LogP contribution in [0.1, 0.15) is 0 Å². The van der Waals surface area contributed by atoms with E-state index >= 15 is 0 Å². The number of hydrogen-bond donors (Lipinski definition) is 3. The number of amides is 3. The van der Waals surface area contributed by atoms with E-state index in [-0.39, 0.29) is 12.1 Å². The summed E-state index contributed by atoms with van der Waals surface area (Å²) in [5.41, 5.74) is 0. The highest BCUT2D eigenvalue weighted by Crippen LogP contribution is 2.13. The summed E-state index contributed by atoms with van der Waals surface area (Å²) in [5.74, 6) is 0. The third kappa shape index (κ3) is 1.20. The Labute approximate surface area is 74.2 Å². The van der Waals surface area contributed by atoms with Crippen LogP contribution in [0.3, 0.4) is 0 Å². The summed E-state index contributed by atoms with van der Waals surface area (Å²) >= 11 is 0.